The van der Waals surface area contributed by atoms with Gasteiger partial charge < -0.3 is 15.2 Å². The number of aryl methyl sites for hydroxylation is 1. The zero-order valence-corrected chi connectivity index (χ0v) is 13.5. The fraction of sp³-hybridized carbons (Fsp3) is 0.533. The Morgan fingerprint density at radius 2 is 2.08 bits per heavy atom. The summed E-state index contributed by atoms with van der Waals surface area (Å²) in [5.41, 5.74) is 1.26. The predicted octanol–water partition coefficient (Wildman–Crippen LogP) is -1.42. The van der Waals surface area contributed by atoms with Crippen LogP contribution in [0, 0.1) is 6.92 Å². The van der Waals surface area contributed by atoms with Crippen LogP contribution in [0.3, 0.4) is 0 Å². The second-order valence-corrected chi connectivity index (χ2v) is 6.01. The average molecular weight is 335 g/mol. The Balaban J connectivity index is 1.68. The average Bonchev–Trinajstić information content (AvgIpc) is 2.96. The first-order valence-electron chi connectivity index (χ1n) is 7.86. The van der Waals surface area contributed by atoms with E-state index in [1.165, 1.54) is 10.6 Å². The van der Waals surface area contributed by atoms with E-state index in [-0.39, 0.29) is 12.2 Å². The third-order valence-electron chi connectivity index (χ3n) is 4.21. The first-order chi connectivity index (χ1) is 11.5. The first-order valence-corrected chi connectivity index (χ1v) is 7.86. The molecule has 0 saturated heterocycles. The van der Waals surface area contributed by atoms with Crippen LogP contribution in [0.5, 0.6) is 0 Å². The van der Waals surface area contributed by atoms with E-state index in [2.05, 4.69) is 15.0 Å². The van der Waals surface area contributed by atoms with Gasteiger partial charge in [0.25, 0.3) is 5.56 Å². The molecule has 1 aliphatic heterocycles. The van der Waals surface area contributed by atoms with E-state index in [1.807, 2.05) is 4.68 Å². The molecule has 0 spiro atoms. The van der Waals surface area contributed by atoms with Crippen molar-refractivity contribution in [3.63, 3.8) is 0 Å². The summed E-state index contributed by atoms with van der Waals surface area (Å²) in [4.78, 5) is 28.5. The smallest absolute Gasteiger partial charge is 0.328 e. The van der Waals surface area contributed by atoms with Crippen LogP contribution in [0.4, 0.5) is 0 Å². The molecule has 24 heavy (non-hydrogen) atoms. The monoisotopic (exact) mass is 335 g/mol. The molecule has 0 aromatic carbocycles. The molecule has 3 heterocycles. The highest BCUT2D eigenvalue weighted by Crippen LogP contribution is 2.17. The second kappa shape index (κ2) is 6.71. The number of aromatic amines is 1. The minimum absolute atomic E-state index is 0.299. The zero-order valence-electron chi connectivity index (χ0n) is 13.5. The lowest BCUT2D eigenvalue weighted by molar-refractivity contribution is 0.0915. The van der Waals surface area contributed by atoms with Gasteiger partial charge in [-0.2, -0.15) is 5.10 Å². The molecule has 2 aromatic rings. The lowest BCUT2D eigenvalue weighted by Crippen LogP contribution is -2.41. The second-order valence-electron chi connectivity index (χ2n) is 6.01. The van der Waals surface area contributed by atoms with Gasteiger partial charge >= 0.3 is 5.69 Å². The van der Waals surface area contributed by atoms with Gasteiger partial charge in [0.05, 0.1) is 24.5 Å². The molecule has 3 N–H and O–H groups in total. The van der Waals surface area contributed by atoms with Crippen molar-refractivity contribution in [1.82, 2.24) is 24.2 Å². The van der Waals surface area contributed by atoms with Crippen LogP contribution in [0.2, 0.25) is 0 Å². The van der Waals surface area contributed by atoms with Gasteiger partial charge in [0.15, 0.2) is 0 Å². The van der Waals surface area contributed by atoms with Crippen molar-refractivity contribution in [2.24, 2.45) is 0 Å². The summed E-state index contributed by atoms with van der Waals surface area (Å²) in [6.07, 6.45) is -0.971. The van der Waals surface area contributed by atoms with Crippen LogP contribution in [0.1, 0.15) is 23.2 Å². The van der Waals surface area contributed by atoms with Gasteiger partial charge in [0, 0.05) is 37.9 Å². The number of H-pyrrole nitrogens is 1. The van der Waals surface area contributed by atoms with Gasteiger partial charge in [-0.15, -0.1) is 0 Å². The Kier molecular flexibility index (Phi) is 4.65. The molecule has 9 nitrogen and oxygen atoms in total. The topological polar surface area (TPSA) is 116 Å². The van der Waals surface area contributed by atoms with E-state index >= 15 is 0 Å². The maximum atomic E-state index is 11.9. The molecule has 0 amide bonds. The third-order valence-corrected chi connectivity index (χ3v) is 4.21. The van der Waals surface area contributed by atoms with Crippen LogP contribution >= 0.6 is 0 Å². The Morgan fingerprint density at radius 1 is 1.29 bits per heavy atom. The summed E-state index contributed by atoms with van der Waals surface area (Å²) in [7, 11) is 0. The van der Waals surface area contributed by atoms with Crippen molar-refractivity contribution in [3.05, 3.63) is 50.1 Å². The minimum Gasteiger partial charge on any atom is -0.393 e. The van der Waals surface area contributed by atoms with Gasteiger partial charge in [0.1, 0.15) is 6.10 Å². The molecular formula is C15H21N5O4. The Labute approximate surface area is 137 Å². The number of hydrogen-bond acceptors (Lipinski definition) is 6. The molecule has 0 unspecified atom stereocenters. The fourth-order valence-electron chi connectivity index (χ4n) is 2.88. The molecule has 3 rings (SSSR count). The number of aliphatic hydroxyl groups excluding tert-OH is 2. The zero-order chi connectivity index (χ0) is 17.3. The van der Waals surface area contributed by atoms with Crippen molar-refractivity contribution >= 4 is 0 Å². The lowest BCUT2D eigenvalue weighted by Gasteiger charge is -2.27. The molecule has 0 saturated carbocycles. The van der Waals surface area contributed by atoms with Gasteiger partial charge in [-0.3, -0.25) is 18.9 Å². The van der Waals surface area contributed by atoms with E-state index in [1.54, 1.807) is 13.0 Å². The normalized spacial score (nSPS) is 16.1. The van der Waals surface area contributed by atoms with E-state index in [0.29, 0.717) is 37.6 Å². The van der Waals surface area contributed by atoms with Crippen molar-refractivity contribution in [1.29, 1.82) is 0 Å². The molecule has 0 radical (unpaired) electrons. The summed E-state index contributed by atoms with van der Waals surface area (Å²) < 4.78 is 3.01. The highest BCUT2D eigenvalue weighted by molar-refractivity contribution is 5.14. The number of aromatic nitrogens is 4. The van der Waals surface area contributed by atoms with Crippen LogP contribution in [0.15, 0.2) is 21.7 Å². The standard InChI is InChI=1S/C15H21N5O4/c1-10-6-14(23)19(15(24)16-10)4-2-18-3-5-20-11(8-18)7-12(17-20)13(22)9-21/h6-7,13,21-22H,2-5,8-9H2,1H3,(H,16,24)/t13-/m1/s1. The van der Waals surface area contributed by atoms with E-state index in [9.17, 15) is 14.7 Å². The van der Waals surface area contributed by atoms with Crippen molar-refractivity contribution in [2.75, 3.05) is 19.7 Å². The number of fused-ring (bicyclic) bond motifs is 1. The maximum Gasteiger partial charge on any atom is 0.328 e. The highest BCUT2D eigenvalue weighted by atomic mass is 16.3. The van der Waals surface area contributed by atoms with Gasteiger partial charge in [-0.05, 0) is 13.0 Å². The molecule has 9 heteroatoms. The summed E-state index contributed by atoms with van der Waals surface area (Å²) in [5.74, 6) is 0. The number of nitrogens with zero attached hydrogens (tertiary/aromatic N) is 4. The Hall–Kier alpha value is -2.23. The van der Waals surface area contributed by atoms with E-state index in [4.69, 9.17) is 5.11 Å². The molecule has 1 atom stereocenters. The Morgan fingerprint density at radius 3 is 2.79 bits per heavy atom. The molecular weight excluding hydrogens is 314 g/mol. The summed E-state index contributed by atoms with van der Waals surface area (Å²) in [5, 5.41) is 23.0. The molecule has 2 aromatic heterocycles. The van der Waals surface area contributed by atoms with Crippen molar-refractivity contribution in [2.45, 2.75) is 32.7 Å². The fourth-order valence-corrected chi connectivity index (χ4v) is 2.88. The molecule has 0 fully saturated rings. The molecule has 130 valence electrons. The quantitative estimate of drug-likeness (QED) is 0.618. The largest absolute Gasteiger partial charge is 0.393 e. The third kappa shape index (κ3) is 3.32. The molecule has 0 aliphatic carbocycles. The first kappa shape index (κ1) is 16.6. The number of rotatable bonds is 5. The van der Waals surface area contributed by atoms with E-state index in [0.717, 1.165) is 12.2 Å². The highest BCUT2D eigenvalue weighted by Gasteiger charge is 2.21. The van der Waals surface area contributed by atoms with Crippen molar-refractivity contribution < 1.29 is 10.2 Å². The van der Waals surface area contributed by atoms with Gasteiger partial charge in [-0.25, -0.2) is 4.79 Å². The van der Waals surface area contributed by atoms with Crippen LogP contribution in [-0.4, -0.2) is 54.1 Å². The van der Waals surface area contributed by atoms with Crippen LogP contribution < -0.4 is 11.2 Å². The van der Waals surface area contributed by atoms with E-state index < -0.39 is 11.8 Å². The summed E-state index contributed by atoms with van der Waals surface area (Å²) in [6, 6.07) is 3.19. The van der Waals surface area contributed by atoms with Gasteiger partial charge in [-0.1, -0.05) is 0 Å². The van der Waals surface area contributed by atoms with Crippen LogP contribution in [-0.2, 0) is 19.6 Å². The maximum absolute atomic E-state index is 11.9. The molecule has 1 aliphatic rings. The van der Waals surface area contributed by atoms with Gasteiger partial charge in [0.2, 0.25) is 0 Å². The predicted molar refractivity (Wildman–Crippen MR) is 85.6 cm³/mol. The van der Waals surface area contributed by atoms with Crippen LogP contribution in [0.25, 0.3) is 0 Å². The Bertz CT molecular complexity index is 806. The summed E-state index contributed by atoms with van der Waals surface area (Å²) in [6.45, 7) is 4.21. The SMILES string of the molecule is Cc1cc(=O)n(CCN2CCn3nc([C@H](O)CO)cc3C2)c(=O)[nH]1. The number of hydrogen-bond donors (Lipinski definition) is 3. The lowest BCUT2D eigenvalue weighted by atomic mass is 10.2. The minimum atomic E-state index is -0.971. The number of nitrogens with one attached hydrogen (secondary N) is 1. The number of aliphatic hydroxyl groups is 2. The summed E-state index contributed by atoms with van der Waals surface area (Å²) >= 11 is 0. The van der Waals surface area contributed by atoms with Crippen molar-refractivity contribution in [3.8, 4) is 0 Å². The molecule has 0 bridgehead atoms.